The van der Waals surface area contributed by atoms with Gasteiger partial charge in [-0.2, -0.15) is 0 Å². The smallest absolute Gasteiger partial charge is 0.295 e. The number of phenols is 1. The van der Waals surface area contributed by atoms with Crippen molar-refractivity contribution in [2.24, 2.45) is 0 Å². The number of ether oxygens (including phenoxy) is 1. The third-order valence-electron chi connectivity index (χ3n) is 4.56. The number of benzene rings is 2. The molecule has 3 rings (SSSR count). The molecule has 3 N–H and O–H groups in total. The standard InChI is InChI=1S/C21H20BrNO6/c22-15-6-4-13(5-7-15)19(26)17-18(14-2-1-3-16(25)12-14)23(21(28)20(17)27)8-10-29-11-9-24/h1-7,12,18,24-26H,8-11H2/b19-17+. The van der Waals surface area contributed by atoms with E-state index in [1.807, 2.05) is 0 Å². The second-order valence-electron chi connectivity index (χ2n) is 6.43. The SMILES string of the molecule is O=C1C(=O)N(CCOCCO)C(c2cccc(O)c2)/C1=C(\O)c1ccc(Br)cc1. The highest BCUT2D eigenvalue weighted by Gasteiger charge is 2.45. The number of amides is 1. The number of carbonyl (C=O) groups excluding carboxylic acids is 2. The van der Waals surface area contributed by atoms with Crippen LogP contribution in [0.15, 0.2) is 58.6 Å². The summed E-state index contributed by atoms with van der Waals surface area (Å²) >= 11 is 3.32. The van der Waals surface area contributed by atoms with Gasteiger partial charge in [0.1, 0.15) is 11.5 Å². The Hall–Kier alpha value is -2.68. The van der Waals surface area contributed by atoms with Gasteiger partial charge in [0.2, 0.25) is 0 Å². The Morgan fingerprint density at radius 3 is 2.48 bits per heavy atom. The Balaban J connectivity index is 2.07. The van der Waals surface area contributed by atoms with Crippen molar-refractivity contribution in [1.82, 2.24) is 4.90 Å². The van der Waals surface area contributed by atoms with Gasteiger partial charge in [0, 0.05) is 16.6 Å². The fourth-order valence-corrected chi connectivity index (χ4v) is 3.51. The molecular formula is C21H20BrNO6. The molecule has 0 aromatic heterocycles. The van der Waals surface area contributed by atoms with E-state index in [0.29, 0.717) is 11.1 Å². The number of phenolic OH excluding ortho intramolecular Hbond substituents is 1. The molecule has 1 aliphatic rings. The van der Waals surface area contributed by atoms with E-state index in [-0.39, 0.29) is 43.4 Å². The Kier molecular flexibility index (Phi) is 6.68. The summed E-state index contributed by atoms with van der Waals surface area (Å²) < 4.78 is 6.05. The van der Waals surface area contributed by atoms with Gasteiger partial charge in [0.05, 0.1) is 31.4 Å². The van der Waals surface area contributed by atoms with Crippen molar-refractivity contribution >= 4 is 33.4 Å². The molecule has 2 aromatic rings. The minimum atomic E-state index is -0.872. The maximum atomic E-state index is 12.8. The maximum Gasteiger partial charge on any atom is 0.295 e. The predicted octanol–water partition coefficient (Wildman–Crippen LogP) is 2.59. The van der Waals surface area contributed by atoms with Crippen molar-refractivity contribution in [3.05, 3.63) is 69.7 Å². The largest absolute Gasteiger partial charge is 0.508 e. The Bertz CT molecular complexity index is 940. The fraction of sp³-hybridized carbons (Fsp3) is 0.238. The number of hydrogen-bond donors (Lipinski definition) is 3. The van der Waals surface area contributed by atoms with Crippen LogP contribution in [0.4, 0.5) is 0 Å². The summed E-state index contributed by atoms with van der Waals surface area (Å²) in [7, 11) is 0. The quantitative estimate of drug-likeness (QED) is 0.253. The number of nitrogens with zero attached hydrogens (tertiary/aromatic N) is 1. The second-order valence-corrected chi connectivity index (χ2v) is 7.35. The van der Waals surface area contributed by atoms with Gasteiger partial charge in [-0.25, -0.2) is 0 Å². The summed E-state index contributed by atoms with van der Waals surface area (Å²) in [5.74, 6) is -1.87. The molecule has 1 saturated heterocycles. The summed E-state index contributed by atoms with van der Waals surface area (Å²) in [6, 6.07) is 12.0. The Morgan fingerprint density at radius 2 is 1.83 bits per heavy atom. The highest BCUT2D eigenvalue weighted by molar-refractivity contribution is 9.10. The molecule has 1 aliphatic heterocycles. The zero-order valence-electron chi connectivity index (χ0n) is 15.4. The summed E-state index contributed by atoms with van der Waals surface area (Å²) in [6.45, 7) is 0.154. The van der Waals surface area contributed by atoms with Gasteiger partial charge >= 0.3 is 0 Å². The normalized spacial score (nSPS) is 18.4. The lowest BCUT2D eigenvalue weighted by atomic mass is 9.95. The maximum absolute atomic E-state index is 12.8. The average Bonchev–Trinajstić information content (AvgIpc) is 2.96. The molecule has 2 aromatic carbocycles. The first-order chi connectivity index (χ1) is 13.9. The molecule has 1 heterocycles. The number of aromatic hydroxyl groups is 1. The number of rotatable bonds is 7. The number of likely N-dealkylation sites (tertiary alicyclic amines) is 1. The number of hydrogen-bond acceptors (Lipinski definition) is 6. The summed E-state index contributed by atoms with van der Waals surface area (Å²) in [5, 5.41) is 29.6. The Labute approximate surface area is 176 Å². The van der Waals surface area contributed by atoms with E-state index in [0.717, 1.165) is 4.47 Å². The van der Waals surface area contributed by atoms with Gasteiger partial charge in [-0.1, -0.05) is 40.2 Å². The molecule has 1 atom stereocenters. The molecular weight excluding hydrogens is 442 g/mol. The minimum Gasteiger partial charge on any atom is -0.508 e. The van der Waals surface area contributed by atoms with E-state index in [9.17, 15) is 19.8 Å². The summed E-state index contributed by atoms with van der Waals surface area (Å²) in [5.41, 5.74) is 0.836. The topological polar surface area (TPSA) is 107 Å². The third-order valence-corrected chi connectivity index (χ3v) is 5.08. The Morgan fingerprint density at radius 1 is 1.10 bits per heavy atom. The van der Waals surface area contributed by atoms with Crippen LogP contribution < -0.4 is 0 Å². The van der Waals surface area contributed by atoms with Crippen molar-refractivity contribution in [3.63, 3.8) is 0 Å². The van der Waals surface area contributed by atoms with E-state index in [2.05, 4.69) is 15.9 Å². The zero-order valence-corrected chi connectivity index (χ0v) is 17.0. The highest BCUT2D eigenvalue weighted by Crippen LogP contribution is 2.40. The number of Topliss-reactive ketones (excluding diaryl/α,β-unsaturated/α-hetero) is 1. The summed E-state index contributed by atoms with van der Waals surface area (Å²) in [4.78, 5) is 26.8. The molecule has 1 fully saturated rings. The first-order valence-corrected chi connectivity index (χ1v) is 9.75. The molecule has 0 aliphatic carbocycles. The van der Waals surface area contributed by atoms with E-state index in [4.69, 9.17) is 9.84 Å². The molecule has 7 nitrogen and oxygen atoms in total. The van der Waals surface area contributed by atoms with Gasteiger partial charge in [-0.15, -0.1) is 0 Å². The number of halogens is 1. The number of ketones is 1. The van der Waals surface area contributed by atoms with Crippen molar-refractivity contribution in [2.45, 2.75) is 6.04 Å². The van der Waals surface area contributed by atoms with E-state index < -0.39 is 17.7 Å². The van der Waals surface area contributed by atoms with Crippen LogP contribution in [0, 0.1) is 0 Å². The first kappa shape index (κ1) is 21.0. The average molecular weight is 462 g/mol. The van der Waals surface area contributed by atoms with Gasteiger partial charge < -0.3 is 25.0 Å². The zero-order chi connectivity index (χ0) is 21.0. The van der Waals surface area contributed by atoms with Crippen molar-refractivity contribution in [1.29, 1.82) is 0 Å². The van der Waals surface area contributed by atoms with Crippen LogP contribution in [0.25, 0.3) is 5.76 Å². The predicted molar refractivity (Wildman–Crippen MR) is 109 cm³/mol. The van der Waals surface area contributed by atoms with Crippen LogP contribution in [0.5, 0.6) is 5.75 Å². The van der Waals surface area contributed by atoms with Crippen LogP contribution >= 0.6 is 15.9 Å². The molecule has 0 radical (unpaired) electrons. The molecule has 1 unspecified atom stereocenters. The number of aliphatic hydroxyl groups excluding tert-OH is 2. The second kappa shape index (κ2) is 9.21. The van der Waals surface area contributed by atoms with E-state index in [1.165, 1.54) is 17.0 Å². The number of aliphatic hydroxyl groups is 2. The van der Waals surface area contributed by atoms with Crippen molar-refractivity contribution in [2.75, 3.05) is 26.4 Å². The highest BCUT2D eigenvalue weighted by atomic mass is 79.9. The van der Waals surface area contributed by atoms with Crippen molar-refractivity contribution in [3.8, 4) is 5.75 Å². The van der Waals surface area contributed by atoms with E-state index >= 15 is 0 Å². The van der Waals surface area contributed by atoms with Crippen LogP contribution in [0.1, 0.15) is 17.2 Å². The molecule has 1 amide bonds. The van der Waals surface area contributed by atoms with Gasteiger partial charge in [-0.05, 0) is 29.8 Å². The van der Waals surface area contributed by atoms with Crippen molar-refractivity contribution < 1.29 is 29.6 Å². The lowest BCUT2D eigenvalue weighted by Crippen LogP contribution is -2.33. The molecule has 0 saturated carbocycles. The monoisotopic (exact) mass is 461 g/mol. The van der Waals surface area contributed by atoms with Crippen LogP contribution in [-0.2, 0) is 14.3 Å². The molecule has 0 spiro atoms. The lowest BCUT2D eigenvalue weighted by Gasteiger charge is -2.25. The van der Waals surface area contributed by atoms with Gasteiger partial charge in [0.25, 0.3) is 11.7 Å². The summed E-state index contributed by atoms with van der Waals surface area (Å²) in [6.07, 6.45) is 0. The van der Waals surface area contributed by atoms with Gasteiger partial charge in [-0.3, -0.25) is 9.59 Å². The number of carbonyl (C=O) groups is 2. The van der Waals surface area contributed by atoms with E-state index in [1.54, 1.807) is 36.4 Å². The van der Waals surface area contributed by atoms with Gasteiger partial charge in [0.15, 0.2) is 0 Å². The molecule has 152 valence electrons. The van der Waals surface area contributed by atoms with Crippen LogP contribution in [0.3, 0.4) is 0 Å². The lowest BCUT2D eigenvalue weighted by molar-refractivity contribution is -0.140. The molecule has 29 heavy (non-hydrogen) atoms. The van der Waals surface area contributed by atoms with Crippen LogP contribution in [0.2, 0.25) is 0 Å². The molecule has 0 bridgehead atoms. The minimum absolute atomic E-state index is 0.0201. The fourth-order valence-electron chi connectivity index (χ4n) is 3.24. The van der Waals surface area contributed by atoms with Crippen LogP contribution in [-0.4, -0.2) is 58.3 Å². The third kappa shape index (κ3) is 4.50. The first-order valence-electron chi connectivity index (χ1n) is 8.96. The molecule has 8 heteroatoms.